The van der Waals surface area contributed by atoms with Crippen molar-refractivity contribution >= 4 is 32.7 Å². The van der Waals surface area contributed by atoms with Gasteiger partial charge in [-0.15, -0.1) is 0 Å². The molecule has 4 heteroatoms. The fraction of sp³-hybridized carbons (Fsp3) is 0.350. The highest BCUT2D eigenvalue weighted by atomic mass is 79.9. The van der Waals surface area contributed by atoms with E-state index in [0.717, 1.165) is 35.7 Å². The highest BCUT2D eigenvalue weighted by Crippen LogP contribution is 2.31. The van der Waals surface area contributed by atoms with Crippen LogP contribution in [0.1, 0.15) is 31.0 Å². The van der Waals surface area contributed by atoms with Crippen LogP contribution in [0.2, 0.25) is 0 Å². The van der Waals surface area contributed by atoms with Crippen molar-refractivity contribution in [3.05, 3.63) is 57.7 Å². The third-order valence-electron chi connectivity index (χ3n) is 5.17. The van der Waals surface area contributed by atoms with Crippen molar-refractivity contribution in [3.63, 3.8) is 0 Å². The minimum absolute atomic E-state index is 0.0998. The summed E-state index contributed by atoms with van der Waals surface area (Å²) in [5.41, 5.74) is 5.02. The van der Waals surface area contributed by atoms with Crippen LogP contribution in [-0.4, -0.2) is 16.9 Å². The molecule has 0 aliphatic heterocycles. The highest BCUT2D eigenvalue weighted by Gasteiger charge is 2.26. The van der Waals surface area contributed by atoms with Crippen LogP contribution in [0.15, 0.2) is 46.5 Å². The van der Waals surface area contributed by atoms with Gasteiger partial charge in [-0.1, -0.05) is 39.7 Å². The van der Waals surface area contributed by atoms with E-state index in [1.54, 1.807) is 0 Å². The number of aromatic nitrogens is 1. The summed E-state index contributed by atoms with van der Waals surface area (Å²) in [5, 5.41) is 4.54. The second-order valence-corrected chi connectivity index (χ2v) is 7.73. The van der Waals surface area contributed by atoms with Crippen molar-refractivity contribution in [1.29, 1.82) is 0 Å². The van der Waals surface area contributed by atoms with E-state index >= 15 is 0 Å². The number of nitrogens with one attached hydrogen (secondary N) is 2. The van der Waals surface area contributed by atoms with E-state index < -0.39 is 0 Å². The van der Waals surface area contributed by atoms with E-state index in [1.807, 2.05) is 13.0 Å². The number of H-pyrrole nitrogens is 1. The van der Waals surface area contributed by atoms with Gasteiger partial charge in [0.25, 0.3) is 0 Å². The number of carbonyl (C=O) groups excluding carboxylic acids is 1. The summed E-state index contributed by atoms with van der Waals surface area (Å²) in [6.07, 6.45) is 10.1. The maximum Gasteiger partial charge on any atom is 0.231 e. The number of aryl methyl sites for hydroxylation is 1. The smallest absolute Gasteiger partial charge is 0.231 e. The van der Waals surface area contributed by atoms with E-state index in [9.17, 15) is 4.79 Å². The van der Waals surface area contributed by atoms with Gasteiger partial charge in [-0.3, -0.25) is 4.79 Å². The van der Waals surface area contributed by atoms with E-state index in [-0.39, 0.29) is 17.9 Å². The summed E-state index contributed by atoms with van der Waals surface area (Å²) in [4.78, 5) is 16.2. The Kier molecular flexibility index (Phi) is 4.09. The third kappa shape index (κ3) is 2.84. The second kappa shape index (κ2) is 6.25. The molecule has 1 heterocycles. The van der Waals surface area contributed by atoms with Gasteiger partial charge in [-0.05, 0) is 56.4 Å². The van der Waals surface area contributed by atoms with Crippen molar-refractivity contribution in [3.8, 4) is 0 Å². The molecule has 4 rings (SSSR count). The third-order valence-corrected chi connectivity index (χ3v) is 5.67. The number of fused-ring (bicyclic) bond motifs is 3. The molecule has 0 unspecified atom stereocenters. The number of rotatable bonds is 2. The first-order chi connectivity index (χ1) is 11.6. The van der Waals surface area contributed by atoms with Crippen molar-refractivity contribution in [2.45, 2.75) is 38.6 Å². The lowest BCUT2D eigenvalue weighted by Gasteiger charge is -2.26. The maximum absolute atomic E-state index is 12.6. The highest BCUT2D eigenvalue weighted by molar-refractivity contribution is 9.10. The molecule has 2 aromatic rings. The minimum Gasteiger partial charge on any atom is -0.358 e. The summed E-state index contributed by atoms with van der Waals surface area (Å²) >= 11 is 3.56. The van der Waals surface area contributed by atoms with Crippen molar-refractivity contribution < 1.29 is 4.79 Å². The Morgan fingerprint density at radius 3 is 3.08 bits per heavy atom. The molecule has 0 saturated heterocycles. The van der Waals surface area contributed by atoms with Crippen LogP contribution in [-0.2, 0) is 17.6 Å². The molecule has 0 fully saturated rings. The largest absolute Gasteiger partial charge is 0.358 e. The summed E-state index contributed by atoms with van der Waals surface area (Å²) in [6, 6.07) is 6.57. The lowest BCUT2D eigenvalue weighted by atomic mass is 9.89. The topological polar surface area (TPSA) is 44.9 Å². The first-order valence-electron chi connectivity index (χ1n) is 8.54. The zero-order valence-electron chi connectivity index (χ0n) is 13.7. The van der Waals surface area contributed by atoms with Crippen LogP contribution < -0.4 is 5.32 Å². The fourth-order valence-corrected chi connectivity index (χ4v) is 4.21. The molecule has 2 N–H and O–H groups in total. The molecule has 0 radical (unpaired) electrons. The average Bonchev–Trinajstić information content (AvgIpc) is 2.92. The SMILES string of the molecule is CC1=CCC=C[C@H]1C(=O)N[C@H]1CCc2[nH]c3ccc(Br)cc3c2C1. The molecule has 0 spiro atoms. The van der Waals surface area contributed by atoms with Crippen LogP contribution in [0.25, 0.3) is 10.9 Å². The number of hydrogen-bond acceptors (Lipinski definition) is 1. The number of aromatic amines is 1. The number of benzene rings is 1. The molecule has 2 aliphatic carbocycles. The molecule has 1 aromatic heterocycles. The number of hydrogen-bond donors (Lipinski definition) is 2. The molecule has 1 aromatic carbocycles. The van der Waals surface area contributed by atoms with Crippen LogP contribution in [0.5, 0.6) is 0 Å². The number of amides is 1. The van der Waals surface area contributed by atoms with Gasteiger partial charge in [0.05, 0.1) is 5.92 Å². The molecule has 1 amide bonds. The molecular weight excluding hydrogens is 364 g/mol. The molecule has 2 atom stereocenters. The zero-order chi connectivity index (χ0) is 16.7. The molecule has 3 nitrogen and oxygen atoms in total. The Morgan fingerprint density at radius 2 is 2.25 bits per heavy atom. The van der Waals surface area contributed by atoms with Gasteiger partial charge in [0.15, 0.2) is 0 Å². The van der Waals surface area contributed by atoms with E-state index in [1.165, 1.54) is 22.2 Å². The Bertz CT molecular complexity index is 862. The first kappa shape index (κ1) is 15.7. The van der Waals surface area contributed by atoms with Crippen LogP contribution in [0.4, 0.5) is 0 Å². The van der Waals surface area contributed by atoms with E-state index in [4.69, 9.17) is 0 Å². The van der Waals surface area contributed by atoms with Gasteiger partial charge in [-0.2, -0.15) is 0 Å². The van der Waals surface area contributed by atoms with Crippen LogP contribution in [0.3, 0.4) is 0 Å². The quantitative estimate of drug-likeness (QED) is 0.739. The van der Waals surface area contributed by atoms with E-state index in [0.29, 0.717) is 0 Å². The lowest BCUT2D eigenvalue weighted by Crippen LogP contribution is -2.42. The van der Waals surface area contributed by atoms with Gasteiger partial charge in [0.2, 0.25) is 5.91 Å². The van der Waals surface area contributed by atoms with Crippen molar-refractivity contribution in [2.24, 2.45) is 5.92 Å². The maximum atomic E-state index is 12.6. The predicted molar refractivity (Wildman–Crippen MR) is 101 cm³/mol. The molecular formula is C20H21BrN2O. The zero-order valence-corrected chi connectivity index (χ0v) is 15.3. The van der Waals surface area contributed by atoms with Gasteiger partial charge in [0, 0.05) is 27.1 Å². The average molecular weight is 385 g/mol. The number of carbonyl (C=O) groups is 1. The van der Waals surface area contributed by atoms with Crippen molar-refractivity contribution in [2.75, 3.05) is 0 Å². The summed E-state index contributed by atoms with van der Waals surface area (Å²) in [6.45, 7) is 2.05. The van der Waals surface area contributed by atoms with Gasteiger partial charge in [-0.25, -0.2) is 0 Å². The Morgan fingerprint density at radius 1 is 1.38 bits per heavy atom. The Balaban J connectivity index is 1.54. The number of allylic oxidation sites excluding steroid dienone is 2. The second-order valence-electron chi connectivity index (χ2n) is 6.81. The fourth-order valence-electron chi connectivity index (χ4n) is 3.84. The monoisotopic (exact) mass is 384 g/mol. The van der Waals surface area contributed by atoms with Gasteiger partial charge in [0.1, 0.15) is 0 Å². The molecule has 0 saturated carbocycles. The first-order valence-corrected chi connectivity index (χ1v) is 9.34. The van der Waals surface area contributed by atoms with Crippen LogP contribution in [0, 0.1) is 5.92 Å². The molecule has 2 aliphatic rings. The standard InChI is InChI=1S/C20H21BrN2O/c1-12-4-2-3-5-15(12)20(24)22-14-7-9-19-17(11-14)16-10-13(21)6-8-18(16)23-19/h3-6,8,10,14-15,23H,2,7,9,11H2,1H3,(H,22,24)/t14-,15+/m0/s1. The summed E-state index contributed by atoms with van der Waals surface area (Å²) < 4.78 is 1.09. The van der Waals surface area contributed by atoms with Crippen molar-refractivity contribution in [1.82, 2.24) is 10.3 Å². The predicted octanol–water partition coefficient (Wildman–Crippen LogP) is 4.43. The number of halogens is 1. The van der Waals surface area contributed by atoms with Crippen LogP contribution >= 0.6 is 15.9 Å². The molecule has 0 bridgehead atoms. The van der Waals surface area contributed by atoms with E-state index in [2.05, 4.69) is 56.6 Å². The minimum atomic E-state index is -0.0998. The summed E-state index contributed by atoms with van der Waals surface area (Å²) in [5.74, 6) is 0.0337. The lowest BCUT2D eigenvalue weighted by molar-refractivity contribution is -0.123. The Labute approximate surface area is 150 Å². The van der Waals surface area contributed by atoms with Gasteiger partial charge >= 0.3 is 0 Å². The van der Waals surface area contributed by atoms with Gasteiger partial charge < -0.3 is 10.3 Å². The molecule has 124 valence electrons. The Hall–Kier alpha value is -1.81. The normalized spacial score (nSPS) is 23.0. The molecule has 24 heavy (non-hydrogen) atoms. The summed E-state index contributed by atoms with van der Waals surface area (Å²) in [7, 11) is 0.